The SMILES string of the molecule is CCN(C(=O)c1oc2c(c1C)/C(=N/NS(=O)(=O)c1ccc(F)cc1)CCC2)c1ccccc1. The Labute approximate surface area is 192 Å². The van der Waals surface area contributed by atoms with Crippen LogP contribution in [-0.4, -0.2) is 26.6 Å². The van der Waals surface area contributed by atoms with Gasteiger partial charge < -0.3 is 9.32 Å². The molecule has 1 N–H and O–H groups in total. The number of anilines is 1. The molecule has 0 saturated heterocycles. The molecule has 3 aromatic rings. The van der Waals surface area contributed by atoms with Crippen molar-refractivity contribution in [2.45, 2.75) is 38.0 Å². The maximum atomic E-state index is 13.3. The maximum Gasteiger partial charge on any atom is 0.294 e. The second-order valence-electron chi connectivity index (χ2n) is 7.70. The highest BCUT2D eigenvalue weighted by Crippen LogP contribution is 2.31. The van der Waals surface area contributed by atoms with Crippen LogP contribution >= 0.6 is 0 Å². The van der Waals surface area contributed by atoms with E-state index in [9.17, 15) is 17.6 Å². The van der Waals surface area contributed by atoms with Gasteiger partial charge in [-0.2, -0.15) is 18.4 Å². The number of hydrogen-bond donors (Lipinski definition) is 1. The van der Waals surface area contributed by atoms with Gasteiger partial charge in [-0.15, -0.1) is 0 Å². The number of nitrogens with one attached hydrogen (secondary N) is 1. The molecule has 4 rings (SSSR count). The van der Waals surface area contributed by atoms with Crippen molar-refractivity contribution in [2.75, 3.05) is 11.4 Å². The second kappa shape index (κ2) is 9.19. The van der Waals surface area contributed by atoms with Gasteiger partial charge in [-0.3, -0.25) is 4.79 Å². The van der Waals surface area contributed by atoms with E-state index in [0.717, 1.165) is 17.8 Å². The second-order valence-corrected chi connectivity index (χ2v) is 9.36. The van der Waals surface area contributed by atoms with Crippen LogP contribution in [0.1, 0.15) is 47.2 Å². The van der Waals surface area contributed by atoms with Crippen molar-refractivity contribution in [1.29, 1.82) is 0 Å². The first-order chi connectivity index (χ1) is 15.8. The molecule has 0 saturated carbocycles. The highest BCUT2D eigenvalue weighted by atomic mass is 32.2. The number of hydrogen-bond acceptors (Lipinski definition) is 5. The lowest BCUT2D eigenvalue weighted by molar-refractivity contribution is 0.0959. The monoisotopic (exact) mass is 469 g/mol. The standard InChI is InChI=1S/C24H24FN3O4S/c1-3-28(18-8-5-4-6-9-18)24(29)23-16(2)22-20(10-7-11-21(22)32-23)26-27-33(30,31)19-14-12-17(25)13-15-19/h4-6,8-9,12-15,27H,3,7,10-11H2,1-2H3/b26-20+. The third kappa shape index (κ3) is 4.54. The number of fused-ring (bicyclic) bond motifs is 1. The highest BCUT2D eigenvalue weighted by Gasteiger charge is 2.30. The highest BCUT2D eigenvalue weighted by molar-refractivity contribution is 7.89. The Kier molecular flexibility index (Phi) is 6.33. The predicted octanol–water partition coefficient (Wildman–Crippen LogP) is 4.41. The van der Waals surface area contributed by atoms with E-state index in [1.807, 2.05) is 37.3 Å². The van der Waals surface area contributed by atoms with Crippen molar-refractivity contribution in [3.05, 3.63) is 83.1 Å². The van der Waals surface area contributed by atoms with Gasteiger partial charge in [0.15, 0.2) is 5.76 Å². The quantitative estimate of drug-likeness (QED) is 0.541. The summed E-state index contributed by atoms with van der Waals surface area (Å²) in [7, 11) is -3.96. The minimum Gasteiger partial charge on any atom is -0.455 e. The van der Waals surface area contributed by atoms with E-state index in [2.05, 4.69) is 9.93 Å². The van der Waals surface area contributed by atoms with Crippen molar-refractivity contribution in [3.63, 3.8) is 0 Å². The summed E-state index contributed by atoms with van der Waals surface area (Å²) in [6, 6.07) is 13.8. The average molecular weight is 470 g/mol. The number of para-hydroxylation sites is 1. The first-order valence-corrected chi connectivity index (χ1v) is 12.1. The molecule has 0 radical (unpaired) electrons. The summed E-state index contributed by atoms with van der Waals surface area (Å²) in [4.78, 5) is 17.1. The van der Waals surface area contributed by atoms with E-state index in [1.165, 1.54) is 12.1 Å². The number of carbonyl (C=O) groups excluding carboxylic acids is 1. The number of rotatable bonds is 6. The summed E-state index contributed by atoms with van der Waals surface area (Å²) in [5.41, 5.74) is 2.56. The molecule has 1 aromatic heterocycles. The number of sulfonamides is 1. The molecule has 0 aliphatic heterocycles. The van der Waals surface area contributed by atoms with Crippen LogP contribution in [0.5, 0.6) is 0 Å². The lowest BCUT2D eigenvalue weighted by Crippen LogP contribution is -2.30. The van der Waals surface area contributed by atoms with Crippen LogP contribution in [0.4, 0.5) is 10.1 Å². The Morgan fingerprint density at radius 2 is 1.82 bits per heavy atom. The third-order valence-electron chi connectivity index (χ3n) is 5.57. The van der Waals surface area contributed by atoms with Gasteiger partial charge in [0.05, 0.1) is 10.6 Å². The summed E-state index contributed by atoms with van der Waals surface area (Å²) >= 11 is 0. The molecular formula is C24H24FN3O4S. The first-order valence-electron chi connectivity index (χ1n) is 10.6. The van der Waals surface area contributed by atoms with Crippen LogP contribution in [0.15, 0.2) is 69.0 Å². The van der Waals surface area contributed by atoms with Gasteiger partial charge in [-0.05, 0) is 63.1 Å². The van der Waals surface area contributed by atoms with Gasteiger partial charge in [0, 0.05) is 29.8 Å². The first kappa shape index (κ1) is 22.7. The third-order valence-corrected chi connectivity index (χ3v) is 6.80. The van der Waals surface area contributed by atoms with Crippen molar-refractivity contribution < 1.29 is 22.0 Å². The zero-order valence-electron chi connectivity index (χ0n) is 18.3. The van der Waals surface area contributed by atoms with Crippen LogP contribution < -0.4 is 9.73 Å². The Hall–Kier alpha value is -3.46. The largest absolute Gasteiger partial charge is 0.455 e. The lowest BCUT2D eigenvalue weighted by atomic mass is 9.93. The number of carbonyl (C=O) groups is 1. The molecule has 1 aliphatic carbocycles. The molecule has 1 amide bonds. The zero-order chi connectivity index (χ0) is 23.6. The predicted molar refractivity (Wildman–Crippen MR) is 123 cm³/mol. The van der Waals surface area contributed by atoms with Crippen molar-refractivity contribution in [2.24, 2.45) is 5.10 Å². The lowest BCUT2D eigenvalue weighted by Gasteiger charge is -2.20. The molecule has 1 heterocycles. The fourth-order valence-electron chi connectivity index (χ4n) is 3.94. The van der Waals surface area contributed by atoms with Gasteiger partial charge in [0.1, 0.15) is 11.6 Å². The smallest absolute Gasteiger partial charge is 0.294 e. The van der Waals surface area contributed by atoms with E-state index >= 15 is 0 Å². The number of furan rings is 1. The Bertz CT molecular complexity index is 1300. The van der Waals surface area contributed by atoms with Crippen LogP contribution in [-0.2, 0) is 16.4 Å². The molecule has 7 nitrogen and oxygen atoms in total. The number of hydrazone groups is 1. The van der Waals surface area contributed by atoms with E-state index in [0.29, 0.717) is 48.4 Å². The number of amides is 1. The topological polar surface area (TPSA) is 92.0 Å². The van der Waals surface area contributed by atoms with Crippen LogP contribution in [0.3, 0.4) is 0 Å². The van der Waals surface area contributed by atoms with Gasteiger partial charge in [0.25, 0.3) is 15.9 Å². The fourth-order valence-corrected chi connectivity index (χ4v) is 4.77. The molecule has 172 valence electrons. The molecule has 0 atom stereocenters. The molecule has 0 unspecified atom stereocenters. The molecule has 33 heavy (non-hydrogen) atoms. The molecular weight excluding hydrogens is 445 g/mol. The number of halogens is 1. The number of nitrogens with zero attached hydrogens (tertiary/aromatic N) is 2. The average Bonchev–Trinajstić information content (AvgIpc) is 3.16. The van der Waals surface area contributed by atoms with Gasteiger partial charge in [-0.1, -0.05) is 18.2 Å². The van der Waals surface area contributed by atoms with Crippen molar-refractivity contribution in [3.8, 4) is 0 Å². The van der Waals surface area contributed by atoms with Crippen molar-refractivity contribution in [1.82, 2.24) is 4.83 Å². The van der Waals surface area contributed by atoms with Crippen LogP contribution in [0.25, 0.3) is 0 Å². The minimum absolute atomic E-state index is 0.0921. The summed E-state index contributed by atoms with van der Waals surface area (Å²) in [6.07, 6.45) is 1.87. The Balaban J connectivity index is 1.65. The number of aryl methyl sites for hydroxylation is 1. The molecule has 0 bridgehead atoms. The summed E-state index contributed by atoms with van der Waals surface area (Å²) < 4.78 is 44.2. The zero-order valence-corrected chi connectivity index (χ0v) is 19.2. The molecule has 2 aromatic carbocycles. The Morgan fingerprint density at radius 3 is 2.48 bits per heavy atom. The normalized spacial score (nSPS) is 14.7. The van der Waals surface area contributed by atoms with Gasteiger partial charge in [-0.25, -0.2) is 4.39 Å². The molecule has 0 spiro atoms. The van der Waals surface area contributed by atoms with E-state index in [-0.39, 0.29) is 16.6 Å². The van der Waals surface area contributed by atoms with Gasteiger partial charge >= 0.3 is 0 Å². The summed E-state index contributed by atoms with van der Waals surface area (Å²) in [6.45, 7) is 4.13. The van der Waals surface area contributed by atoms with Crippen LogP contribution in [0, 0.1) is 12.7 Å². The van der Waals surface area contributed by atoms with Gasteiger partial charge in [0.2, 0.25) is 0 Å². The van der Waals surface area contributed by atoms with E-state index in [1.54, 1.807) is 11.8 Å². The summed E-state index contributed by atoms with van der Waals surface area (Å²) in [5.74, 6) is 0.0505. The maximum absolute atomic E-state index is 13.3. The fraction of sp³-hybridized carbons (Fsp3) is 0.250. The van der Waals surface area contributed by atoms with Crippen molar-refractivity contribution >= 4 is 27.3 Å². The molecule has 0 fully saturated rings. The summed E-state index contributed by atoms with van der Waals surface area (Å²) in [5, 5.41) is 4.15. The van der Waals surface area contributed by atoms with Crippen LogP contribution in [0.2, 0.25) is 0 Å². The van der Waals surface area contributed by atoms with E-state index < -0.39 is 15.8 Å². The Morgan fingerprint density at radius 1 is 1.12 bits per heavy atom. The van der Waals surface area contributed by atoms with E-state index in [4.69, 9.17) is 4.42 Å². The molecule has 1 aliphatic rings. The molecule has 9 heteroatoms. The minimum atomic E-state index is -3.96. The number of benzene rings is 2.